The monoisotopic (exact) mass is 388 g/mol. The molecule has 0 unspecified atom stereocenters. The van der Waals surface area contributed by atoms with Crippen LogP contribution in [-0.2, 0) is 19.5 Å². The molecule has 0 fully saturated rings. The molecule has 1 aliphatic heterocycles. The second kappa shape index (κ2) is 6.73. The van der Waals surface area contributed by atoms with E-state index in [0.29, 0.717) is 6.54 Å². The van der Waals surface area contributed by atoms with Gasteiger partial charge in [0.2, 0.25) is 0 Å². The molecule has 0 radical (unpaired) electrons. The molecule has 0 spiro atoms. The van der Waals surface area contributed by atoms with Gasteiger partial charge in [0.15, 0.2) is 0 Å². The van der Waals surface area contributed by atoms with Crippen LogP contribution >= 0.6 is 23.2 Å². The topological polar surface area (TPSA) is 8.17 Å². The van der Waals surface area contributed by atoms with Gasteiger partial charge >= 0.3 is 0 Å². The van der Waals surface area contributed by atoms with Crippen molar-refractivity contribution in [2.45, 2.75) is 19.5 Å². The van der Waals surface area contributed by atoms with Gasteiger partial charge < -0.3 is 9.47 Å². The van der Waals surface area contributed by atoms with E-state index >= 15 is 0 Å². The van der Waals surface area contributed by atoms with Crippen LogP contribution in [0.3, 0.4) is 0 Å². The Labute approximate surface area is 162 Å². The van der Waals surface area contributed by atoms with Crippen LogP contribution in [0.4, 0.5) is 4.39 Å². The first-order valence-electron chi connectivity index (χ1n) is 8.55. The van der Waals surface area contributed by atoms with Crippen LogP contribution in [0.25, 0.3) is 16.5 Å². The largest absolute Gasteiger partial charge is 0.340 e. The second-order valence-corrected chi connectivity index (χ2v) is 7.74. The third-order valence-electron chi connectivity index (χ3n) is 5.08. The van der Waals surface area contributed by atoms with Gasteiger partial charge in [-0.25, -0.2) is 4.39 Å². The van der Waals surface area contributed by atoms with Crippen molar-refractivity contribution in [1.29, 1.82) is 0 Å². The van der Waals surface area contributed by atoms with Crippen molar-refractivity contribution >= 4 is 39.7 Å². The molecule has 0 saturated heterocycles. The quantitative estimate of drug-likeness (QED) is 0.551. The molecule has 4 rings (SSSR count). The number of hydrogen-bond acceptors (Lipinski definition) is 1. The Morgan fingerprint density at radius 3 is 2.77 bits per heavy atom. The molecule has 0 atom stereocenters. The number of likely N-dealkylation sites (N-methyl/N-ethyl adjacent to an activating group) is 1. The highest BCUT2D eigenvalue weighted by molar-refractivity contribution is 6.31. The Kier molecular flexibility index (Phi) is 4.55. The number of aromatic nitrogens is 1. The average molecular weight is 389 g/mol. The molecular weight excluding hydrogens is 370 g/mol. The van der Waals surface area contributed by atoms with E-state index < -0.39 is 5.82 Å². The van der Waals surface area contributed by atoms with E-state index in [1.807, 2.05) is 18.2 Å². The van der Waals surface area contributed by atoms with Crippen LogP contribution in [0.5, 0.6) is 0 Å². The minimum absolute atomic E-state index is 0.128. The summed E-state index contributed by atoms with van der Waals surface area (Å²) in [6.45, 7) is 6.72. The lowest BCUT2D eigenvalue weighted by molar-refractivity contribution is 0.310. The Morgan fingerprint density at radius 2 is 2.00 bits per heavy atom. The summed E-state index contributed by atoms with van der Waals surface area (Å²) in [4.78, 5) is 2.32. The van der Waals surface area contributed by atoms with E-state index in [4.69, 9.17) is 23.2 Å². The first-order chi connectivity index (χ1) is 12.4. The Hall–Kier alpha value is -1.81. The zero-order chi connectivity index (χ0) is 18.4. The third-order valence-corrected chi connectivity index (χ3v) is 5.63. The molecule has 5 heteroatoms. The van der Waals surface area contributed by atoms with Crippen molar-refractivity contribution in [1.82, 2.24) is 9.47 Å². The van der Waals surface area contributed by atoms with Crippen molar-refractivity contribution in [2.75, 3.05) is 13.6 Å². The minimum atomic E-state index is -0.418. The third kappa shape index (κ3) is 3.05. The van der Waals surface area contributed by atoms with E-state index in [-0.39, 0.29) is 5.02 Å². The fraction of sp³-hybridized carbons (Fsp3) is 0.238. The Balaban J connectivity index is 1.79. The molecule has 0 N–H and O–H groups in total. The van der Waals surface area contributed by atoms with Crippen molar-refractivity contribution in [3.63, 3.8) is 0 Å². The molecule has 0 bridgehead atoms. The van der Waals surface area contributed by atoms with Crippen molar-refractivity contribution in [3.8, 4) is 0 Å². The molecular formula is C21H19Cl2FN2. The van der Waals surface area contributed by atoms with Gasteiger partial charge in [0.1, 0.15) is 5.82 Å². The summed E-state index contributed by atoms with van der Waals surface area (Å²) in [6, 6.07) is 10.9. The fourth-order valence-electron chi connectivity index (χ4n) is 3.74. The fourth-order valence-corrected chi connectivity index (χ4v) is 4.03. The summed E-state index contributed by atoms with van der Waals surface area (Å²) < 4.78 is 16.1. The second-order valence-electron chi connectivity index (χ2n) is 6.89. The smallest absolute Gasteiger partial charge is 0.142 e. The highest BCUT2D eigenvalue weighted by atomic mass is 35.5. The minimum Gasteiger partial charge on any atom is -0.340 e. The standard InChI is InChI=1S/C21H19Cl2FN2/c1-13(14-3-5-18(23)19(24)9-14)11-26-20-6-4-15(22)10-16(20)17-12-25(2)8-7-21(17)26/h3-6,9-10H,1,7-8,11-12H2,2H3. The maximum absolute atomic E-state index is 13.8. The van der Waals surface area contributed by atoms with Crippen LogP contribution in [0.1, 0.15) is 16.8 Å². The molecule has 2 nitrogen and oxygen atoms in total. The van der Waals surface area contributed by atoms with E-state index in [0.717, 1.165) is 41.2 Å². The number of nitrogens with zero attached hydrogens (tertiary/aromatic N) is 2. The summed E-state index contributed by atoms with van der Waals surface area (Å²) in [5, 5.41) is 2.06. The highest BCUT2D eigenvalue weighted by Gasteiger charge is 2.23. The lowest BCUT2D eigenvalue weighted by atomic mass is 10.0. The lowest BCUT2D eigenvalue weighted by Gasteiger charge is -2.24. The van der Waals surface area contributed by atoms with E-state index in [1.165, 1.54) is 22.7 Å². The van der Waals surface area contributed by atoms with Gasteiger partial charge in [-0.15, -0.1) is 0 Å². The molecule has 2 aromatic carbocycles. The summed E-state index contributed by atoms with van der Waals surface area (Å²) in [6.07, 6.45) is 0.973. The summed E-state index contributed by atoms with van der Waals surface area (Å²) in [5.41, 5.74) is 5.41. The van der Waals surface area contributed by atoms with Gasteiger partial charge in [-0.1, -0.05) is 35.8 Å². The number of allylic oxidation sites excluding steroid dienone is 1. The van der Waals surface area contributed by atoms with Crippen LogP contribution in [0.15, 0.2) is 43.0 Å². The van der Waals surface area contributed by atoms with E-state index in [2.05, 4.69) is 29.2 Å². The molecule has 2 heterocycles. The highest BCUT2D eigenvalue weighted by Crippen LogP contribution is 2.34. The molecule has 0 aliphatic carbocycles. The molecule has 0 amide bonds. The number of halogens is 3. The zero-order valence-electron chi connectivity index (χ0n) is 14.5. The van der Waals surface area contributed by atoms with E-state index in [1.54, 1.807) is 6.07 Å². The average Bonchev–Trinajstić information content (AvgIpc) is 2.90. The zero-order valence-corrected chi connectivity index (χ0v) is 16.0. The summed E-state index contributed by atoms with van der Waals surface area (Å²) in [7, 11) is 2.13. The predicted molar refractivity (Wildman–Crippen MR) is 107 cm³/mol. The SMILES string of the molecule is C=C(Cn1c2c(c3cc(Cl)ccc31)CN(C)CC2)c1ccc(Cl)c(F)c1. The molecule has 134 valence electrons. The van der Waals surface area contributed by atoms with Crippen LogP contribution < -0.4 is 0 Å². The van der Waals surface area contributed by atoms with Gasteiger partial charge in [0.25, 0.3) is 0 Å². The van der Waals surface area contributed by atoms with Crippen LogP contribution in [0.2, 0.25) is 10.0 Å². The molecule has 26 heavy (non-hydrogen) atoms. The number of hydrogen-bond donors (Lipinski definition) is 0. The Morgan fingerprint density at radius 1 is 1.19 bits per heavy atom. The number of benzene rings is 2. The maximum Gasteiger partial charge on any atom is 0.142 e. The molecule has 3 aromatic rings. The van der Waals surface area contributed by atoms with Gasteiger partial charge in [0, 0.05) is 47.7 Å². The van der Waals surface area contributed by atoms with E-state index in [9.17, 15) is 4.39 Å². The maximum atomic E-state index is 13.8. The molecule has 0 saturated carbocycles. The predicted octanol–water partition coefficient (Wildman–Crippen LogP) is 5.79. The molecule has 1 aliphatic rings. The van der Waals surface area contributed by atoms with Gasteiger partial charge in [0.05, 0.1) is 5.02 Å². The van der Waals surface area contributed by atoms with Crippen molar-refractivity contribution in [2.24, 2.45) is 0 Å². The summed E-state index contributed by atoms with van der Waals surface area (Å²) >= 11 is 12.0. The van der Waals surface area contributed by atoms with Crippen LogP contribution in [-0.4, -0.2) is 23.1 Å². The molecule has 1 aromatic heterocycles. The number of fused-ring (bicyclic) bond motifs is 3. The normalized spacial score (nSPS) is 14.6. The first-order valence-corrected chi connectivity index (χ1v) is 9.31. The number of rotatable bonds is 3. The summed E-state index contributed by atoms with van der Waals surface area (Å²) in [5.74, 6) is -0.418. The first kappa shape index (κ1) is 17.6. The van der Waals surface area contributed by atoms with Crippen LogP contribution in [0, 0.1) is 5.82 Å². The van der Waals surface area contributed by atoms with Crippen molar-refractivity contribution in [3.05, 3.63) is 75.7 Å². The van der Waals surface area contributed by atoms with Gasteiger partial charge in [-0.2, -0.15) is 0 Å². The van der Waals surface area contributed by atoms with Gasteiger partial charge in [-0.3, -0.25) is 0 Å². The van der Waals surface area contributed by atoms with Gasteiger partial charge in [-0.05, 0) is 54.1 Å². The lowest BCUT2D eigenvalue weighted by Crippen LogP contribution is -2.27. The Bertz CT molecular complexity index is 1020. The van der Waals surface area contributed by atoms with Crippen molar-refractivity contribution < 1.29 is 4.39 Å².